The molecule has 1 aliphatic rings. The summed E-state index contributed by atoms with van der Waals surface area (Å²) < 4.78 is 27.9. The van der Waals surface area contributed by atoms with Crippen LogP contribution in [-0.4, -0.2) is 9.55 Å². The summed E-state index contributed by atoms with van der Waals surface area (Å²) in [7, 11) is 1.61. The van der Waals surface area contributed by atoms with Crippen LogP contribution in [0.5, 0.6) is 0 Å². The molecule has 0 fully saturated rings. The number of alkyl halides is 2. The van der Waals surface area contributed by atoms with Crippen molar-refractivity contribution < 1.29 is 8.78 Å². The lowest BCUT2D eigenvalue weighted by molar-refractivity contribution is 0.00474. The van der Waals surface area contributed by atoms with Gasteiger partial charge in [-0.05, 0) is 19.3 Å². The second-order valence-electron chi connectivity index (χ2n) is 4.21. The smallest absolute Gasteiger partial charge is 0.302 e. The average molecular weight is 215 g/mol. The fraction of sp³-hybridized carbons (Fsp3) is 0.700. The van der Waals surface area contributed by atoms with Crippen molar-refractivity contribution in [2.45, 2.75) is 38.2 Å². The molecule has 0 spiro atoms. The maximum Gasteiger partial charge on any atom is 0.302 e. The third-order valence-electron chi connectivity index (χ3n) is 2.89. The molecule has 0 aromatic carbocycles. The molecule has 0 aliphatic heterocycles. The van der Waals surface area contributed by atoms with Crippen molar-refractivity contribution in [1.82, 2.24) is 9.55 Å². The van der Waals surface area contributed by atoms with E-state index >= 15 is 0 Å². The Hall–Kier alpha value is -0.970. The molecule has 2 rings (SSSR count). The first kappa shape index (κ1) is 10.5. The molecular weight excluding hydrogens is 200 g/mol. The van der Waals surface area contributed by atoms with Gasteiger partial charge in [-0.2, -0.15) is 8.78 Å². The van der Waals surface area contributed by atoms with Gasteiger partial charge in [0.05, 0.1) is 11.4 Å². The normalized spacial score (nSPS) is 21.5. The van der Waals surface area contributed by atoms with Gasteiger partial charge in [-0.3, -0.25) is 0 Å². The highest BCUT2D eigenvalue weighted by Crippen LogP contribution is 2.33. The number of nitrogens with zero attached hydrogens (tertiary/aromatic N) is 2. The standard InChI is InChI=1S/C10H15F2N3/c1-10(11,12)9-14-7-5-3-4-6(13)8(7)15(9)2/h6H,3-5,13H2,1-2H3. The lowest BCUT2D eigenvalue weighted by atomic mass is 9.97. The molecule has 1 aromatic heterocycles. The molecule has 1 aliphatic carbocycles. The van der Waals surface area contributed by atoms with Gasteiger partial charge in [-0.25, -0.2) is 4.98 Å². The lowest BCUT2D eigenvalue weighted by Gasteiger charge is -2.19. The first-order valence-corrected chi connectivity index (χ1v) is 5.10. The minimum absolute atomic E-state index is 0.151. The Morgan fingerprint density at radius 3 is 2.73 bits per heavy atom. The van der Waals surface area contributed by atoms with Crippen LogP contribution in [0.2, 0.25) is 0 Å². The van der Waals surface area contributed by atoms with Gasteiger partial charge < -0.3 is 10.3 Å². The summed E-state index contributed by atoms with van der Waals surface area (Å²) in [6.45, 7) is 0.867. The minimum Gasteiger partial charge on any atom is -0.328 e. The van der Waals surface area contributed by atoms with Gasteiger partial charge in [0.25, 0.3) is 0 Å². The van der Waals surface area contributed by atoms with E-state index in [2.05, 4.69) is 4.98 Å². The van der Waals surface area contributed by atoms with Crippen LogP contribution in [0.3, 0.4) is 0 Å². The van der Waals surface area contributed by atoms with E-state index < -0.39 is 5.92 Å². The molecule has 15 heavy (non-hydrogen) atoms. The van der Waals surface area contributed by atoms with E-state index in [9.17, 15) is 8.78 Å². The van der Waals surface area contributed by atoms with Gasteiger partial charge in [-0.15, -0.1) is 0 Å². The van der Waals surface area contributed by atoms with E-state index in [1.54, 1.807) is 7.05 Å². The molecule has 3 nitrogen and oxygen atoms in total. The fourth-order valence-corrected chi connectivity index (χ4v) is 2.23. The van der Waals surface area contributed by atoms with E-state index in [4.69, 9.17) is 5.73 Å². The van der Waals surface area contributed by atoms with Gasteiger partial charge in [0.2, 0.25) is 0 Å². The zero-order valence-corrected chi connectivity index (χ0v) is 8.93. The number of hydrogen-bond acceptors (Lipinski definition) is 2. The molecule has 0 saturated carbocycles. The van der Waals surface area contributed by atoms with Crippen molar-refractivity contribution in [3.8, 4) is 0 Å². The molecule has 0 saturated heterocycles. The number of imidazole rings is 1. The van der Waals surface area contributed by atoms with Crippen LogP contribution in [-0.2, 0) is 19.4 Å². The van der Waals surface area contributed by atoms with Crippen molar-refractivity contribution in [2.24, 2.45) is 12.8 Å². The topological polar surface area (TPSA) is 43.8 Å². The SMILES string of the molecule is Cn1c(C(C)(F)F)nc2c1C(N)CCC2. The summed E-state index contributed by atoms with van der Waals surface area (Å²) >= 11 is 0. The quantitative estimate of drug-likeness (QED) is 0.777. The molecule has 84 valence electrons. The Balaban J connectivity index is 2.53. The van der Waals surface area contributed by atoms with Gasteiger partial charge in [0.15, 0.2) is 5.82 Å². The molecule has 0 radical (unpaired) electrons. The Bertz CT molecular complexity index is 379. The molecule has 0 amide bonds. The van der Waals surface area contributed by atoms with Crippen molar-refractivity contribution in [2.75, 3.05) is 0 Å². The monoisotopic (exact) mass is 215 g/mol. The number of halogens is 2. The summed E-state index contributed by atoms with van der Waals surface area (Å²) in [6, 6.07) is -0.151. The van der Waals surface area contributed by atoms with Crippen molar-refractivity contribution in [1.29, 1.82) is 0 Å². The van der Waals surface area contributed by atoms with Gasteiger partial charge in [0, 0.05) is 20.0 Å². The number of hydrogen-bond donors (Lipinski definition) is 1. The van der Waals surface area contributed by atoms with E-state index in [0.29, 0.717) is 0 Å². The summed E-state index contributed by atoms with van der Waals surface area (Å²) in [5.41, 5.74) is 7.42. The van der Waals surface area contributed by atoms with E-state index in [1.807, 2.05) is 0 Å². The Morgan fingerprint density at radius 1 is 1.53 bits per heavy atom. The molecule has 5 heteroatoms. The Kier molecular flexibility index (Phi) is 2.30. The summed E-state index contributed by atoms with van der Waals surface area (Å²) in [5.74, 6) is -3.07. The molecule has 1 heterocycles. The van der Waals surface area contributed by atoms with Crippen LogP contribution in [0, 0.1) is 0 Å². The highest BCUT2D eigenvalue weighted by Gasteiger charge is 2.34. The largest absolute Gasteiger partial charge is 0.328 e. The van der Waals surface area contributed by atoms with Gasteiger partial charge >= 0.3 is 5.92 Å². The second-order valence-corrected chi connectivity index (χ2v) is 4.21. The van der Waals surface area contributed by atoms with E-state index in [1.165, 1.54) is 4.57 Å². The summed E-state index contributed by atoms with van der Waals surface area (Å²) in [4.78, 5) is 4.00. The van der Waals surface area contributed by atoms with Gasteiger partial charge in [0.1, 0.15) is 0 Å². The third-order valence-corrected chi connectivity index (χ3v) is 2.89. The average Bonchev–Trinajstić information content (AvgIpc) is 2.44. The maximum atomic E-state index is 13.2. The lowest BCUT2D eigenvalue weighted by Crippen LogP contribution is -2.21. The van der Waals surface area contributed by atoms with Crippen LogP contribution < -0.4 is 5.73 Å². The first-order chi connectivity index (χ1) is 6.91. The zero-order valence-electron chi connectivity index (χ0n) is 8.93. The van der Waals surface area contributed by atoms with E-state index in [0.717, 1.165) is 37.6 Å². The third kappa shape index (κ3) is 1.65. The van der Waals surface area contributed by atoms with Crippen LogP contribution in [0.4, 0.5) is 8.78 Å². The fourth-order valence-electron chi connectivity index (χ4n) is 2.23. The zero-order chi connectivity index (χ0) is 11.2. The molecule has 2 N–H and O–H groups in total. The second kappa shape index (κ2) is 3.27. The molecule has 1 atom stereocenters. The van der Waals surface area contributed by atoms with E-state index in [-0.39, 0.29) is 11.9 Å². The minimum atomic E-state index is -2.90. The molecular formula is C10H15F2N3. The molecule has 1 unspecified atom stereocenters. The summed E-state index contributed by atoms with van der Waals surface area (Å²) in [5, 5.41) is 0. The Labute approximate surface area is 87.3 Å². The van der Waals surface area contributed by atoms with Crippen molar-refractivity contribution in [3.05, 3.63) is 17.2 Å². The molecule has 0 bridgehead atoms. The number of aromatic nitrogens is 2. The number of nitrogens with two attached hydrogens (primary N) is 1. The maximum absolute atomic E-state index is 13.2. The molecule has 1 aromatic rings. The summed E-state index contributed by atoms with van der Waals surface area (Å²) in [6.07, 6.45) is 2.54. The van der Waals surface area contributed by atoms with Crippen LogP contribution in [0.25, 0.3) is 0 Å². The van der Waals surface area contributed by atoms with Crippen LogP contribution >= 0.6 is 0 Å². The predicted octanol–water partition coefficient (Wildman–Crippen LogP) is 1.87. The first-order valence-electron chi connectivity index (χ1n) is 5.10. The van der Waals surface area contributed by atoms with Crippen molar-refractivity contribution >= 4 is 0 Å². The number of fused-ring (bicyclic) bond motifs is 1. The number of aryl methyl sites for hydroxylation is 1. The highest BCUT2D eigenvalue weighted by molar-refractivity contribution is 5.24. The predicted molar refractivity (Wildman–Crippen MR) is 52.6 cm³/mol. The number of rotatable bonds is 1. The van der Waals surface area contributed by atoms with Crippen LogP contribution in [0.15, 0.2) is 0 Å². The van der Waals surface area contributed by atoms with Crippen LogP contribution in [0.1, 0.15) is 43.0 Å². The Morgan fingerprint density at radius 2 is 2.20 bits per heavy atom. The highest BCUT2D eigenvalue weighted by atomic mass is 19.3. The van der Waals surface area contributed by atoms with Gasteiger partial charge in [-0.1, -0.05) is 0 Å². The van der Waals surface area contributed by atoms with Crippen molar-refractivity contribution in [3.63, 3.8) is 0 Å².